The molecule has 1 aliphatic rings. The quantitative estimate of drug-likeness (QED) is 0.833. The number of nitrogens with zero attached hydrogens (tertiary/aromatic N) is 2. The maximum absolute atomic E-state index is 5.96. The number of aromatic nitrogens is 2. The third-order valence-corrected chi connectivity index (χ3v) is 2.98. The van der Waals surface area contributed by atoms with Crippen molar-refractivity contribution in [1.82, 2.24) is 9.78 Å². The molecule has 2 heterocycles. The minimum absolute atomic E-state index is 0.0515. The molecule has 0 bridgehead atoms. The van der Waals surface area contributed by atoms with E-state index in [2.05, 4.69) is 25.9 Å². The number of nitrogens with two attached hydrogens (primary N) is 1. The number of rotatable bonds is 2. The third-order valence-electron chi connectivity index (χ3n) is 2.98. The summed E-state index contributed by atoms with van der Waals surface area (Å²) in [5, 5.41) is 4.56. The fourth-order valence-electron chi connectivity index (χ4n) is 1.93. The summed E-state index contributed by atoms with van der Waals surface area (Å²) in [5.74, 6) is 0.737. The molecule has 90 valence electrons. The van der Waals surface area contributed by atoms with Crippen LogP contribution in [0.2, 0.25) is 0 Å². The van der Waals surface area contributed by atoms with Crippen molar-refractivity contribution in [3.8, 4) is 0 Å². The van der Waals surface area contributed by atoms with E-state index in [0.717, 1.165) is 37.5 Å². The van der Waals surface area contributed by atoms with Crippen LogP contribution in [0.3, 0.4) is 0 Å². The first kappa shape index (κ1) is 11.5. The zero-order chi connectivity index (χ0) is 11.8. The van der Waals surface area contributed by atoms with Crippen LogP contribution >= 0.6 is 0 Å². The molecule has 0 aromatic carbocycles. The van der Waals surface area contributed by atoms with Gasteiger partial charge in [-0.2, -0.15) is 5.10 Å². The van der Waals surface area contributed by atoms with E-state index < -0.39 is 0 Å². The van der Waals surface area contributed by atoms with Crippen LogP contribution in [-0.2, 0) is 16.7 Å². The average Bonchev–Trinajstić information content (AvgIpc) is 2.76. The van der Waals surface area contributed by atoms with Gasteiger partial charge in [-0.15, -0.1) is 0 Å². The van der Waals surface area contributed by atoms with Gasteiger partial charge in [-0.1, -0.05) is 20.8 Å². The molecule has 1 atom stereocenters. The molecule has 1 saturated heterocycles. The Kier molecular flexibility index (Phi) is 2.93. The van der Waals surface area contributed by atoms with E-state index in [-0.39, 0.29) is 11.5 Å². The lowest BCUT2D eigenvalue weighted by atomic mass is 9.92. The normalized spacial score (nSPS) is 21.6. The van der Waals surface area contributed by atoms with Crippen molar-refractivity contribution in [3.05, 3.63) is 11.8 Å². The predicted molar refractivity (Wildman–Crippen MR) is 64.3 cm³/mol. The SMILES string of the molecule is CC(C)(C)c1cc(N)n(C[C@H]2CCCO2)n1. The standard InChI is InChI=1S/C12H21N3O/c1-12(2,3)10-7-11(13)15(14-10)8-9-5-4-6-16-9/h7,9H,4-6,8,13H2,1-3H3/t9-/m1/s1. The second kappa shape index (κ2) is 4.09. The fraction of sp³-hybridized carbons (Fsp3) is 0.750. The summed E-state index contributed by atoms with van der Waals surface area (Å²) in [5.41, 5.74) is 7.06. The van der Waals surface area contributed by atoms with Crippen molar-refractivity contribution in [1.29, 1.82) is 0 Å². The third kappa shape index (κ3) is 2.38. The van der Waals surface area contributed by atoms with Crippen molar-refractivity contribution in [2.45, 2.75) is 51.7 Å². The first-order valence-electron chi connectivity index (χ1n) is 5.92. The molecule has 0 unspecified atom stereocenters. The Morgan fingerprint density at radius 1 is 1.56 bits per heavy atom. The van der Waals surface area contributed by atoms with Crippen LogP contribution < -0.4 is 5.73 Å². The minimum Gasteiger partial charge on any atom is -0.384 e. The molecule has 1 aliphatic heterocycles. The zero-order valence-electron chi connectivity index (χ0n) is 10.4. The van der Waals surface area contributed by atoms with E-state index >= 15 is 0 Å². The zero-order valence-corrected chi connectivity index (χ0v) is 10.4. The molecule has 0 amide bonds. The summed E-state index contributed by atoms with van der Waals surface area (Å²) < 4.78 is 7.46. The van der Waals surface area contributed by atoms with Crippen molar-refractivity contribution < 1.29 is 4.74 Å². The average molecular weight is 223 g/mol. The van der Waals surface area contributed by atoms with E-state index in [0.29, 0.717) is 0 Å². The molecule has 4 heteroatoms. The predicted octanol–water partition coefficient (Wildman–Crippen LogP) is 1.94. The van der Waals surface area contributed by atoms with Crippen LogP contribution in [0.25, 0.3) is 0 Å². The Balaban J connectivity index is 2.12. The number of nitrogen functional groups attached to an aromatic ring is 1. The molecule has 0 radical (unpaired) electrons. The van der Waals surface area contributed by atoms with Gasteiger partial charge in [0.1, 0.15) is 5.82 Å². The van der Waals surface area contributed by atoms with E-state index in [1.165, 1.54) is 0 Å². The molecule has 2 rings (SSSR count). The summed E-state index contributed by atoms with van der Waals surface area (Å²) in [4.78, 5) is 0. The monoisotopic (exact) mass is 223 g/mol. The summed E-state index contributed by atoms with van der Waals surface area (Å²) in [6, 6.07) is 1.97. The second-order valence-electron chi connectivity index (χ2n) is 5.52. The van der Waals surface area contributed by atoms with Crippen molar-refractivity contribution >= 4 is 5.82 Å². The molecule has 4 nitrogen and oxygen atoms in total. The molecule has 0 spiro atoms. The minimum atomic E-state index is 0.0515. The molecular formula is C12H21N3O. The van der Waals surface area contributed by atoms with Gasteiger partial charge in [-0.3, -0.25) is 0 Å². The molecule has 0 aliphatic carbocycles. The van der Waals surface area contributed by atoms with Gasteiger partial charge in [0.25, 0.3) is 0 Å². The van der Waals surface area contributed by atoms with Crippen molar-refractivity contribution in [2.75, 3.05) is 12.3 Å². The fourth-order valence-corrected chi connectivity index (χ4v) is 1.93. The lowest BCUT2D eigenvalue weighted by Crippen LogP contribution is -2.19. The van der Waals surface area contributed by atoms with Gasteiger partial charge >= 0.3 is 0 Å². The van der Waals surface area contributed by atoms with Crippen LogP contribution in [0.15, 0.2) is 6.07 Å². The smallest absolute Gasteiger partial charge is 0.122 e. The molecule has 1 aromatic rings. The van der Waals surface area contributed by atoms with Gasteiger partial charge < -0.3 is 10.5 Å². The van der Waals surface area contributed by atoms with Crippen LogP contribution in [-0.4, -0.2) is 22.5 Å². The lowest BCUT2D eigenvalue weighted by Gasteiger charge is -2.14. The van der Waals surface area contributed by atoms with Crippen molar-refractivity contribution in [2.24, 2.45) is 0 Å². The van der Waals surface area contributed by atoms with Crippen molar-refractivity contribution in [3.63, 3.8) is 0 Å². The number of anilines is 1. The topological polar surface area (TPSA) is 53.1 Å². The first-order valence-corrected chi connectivity index (χ1v) is 5.92. The van der Waals surface area contributed by atoms with E-state index in [1.807, 2.05) is 10.7 Å². The largest absolute Gasteiger partial charge is 0.384 e. The summed E-state index contributed by atoms with van der Waals surface area (Å²) >= 11 is 0. The Hall–Kier alpha value is -1.03. The molecule has 0 saturated carbocycles. The van der Waals surface area contributed by atoms with Gasteiger partial charge in [0.15, 0.2) is 0 Å². The summed E-state index contributed by atoms with van der Waals surface area (Å²) in [6.07, 6.45) is 2.55. The highest BCUT2D eigenvalue weighted by atomic mass is 16.5. The summed E-state index contributed by atoms with van der Waals surface area (Å²) in [6.45, 7) is 8.08. The van der Waals surface area contributed by atoms with E-state index in [1.54, 1.807) is 0 Å². The van der Waals surface area contributed by atoms with Gasteiger partial charge in [-0.25, -0.2) is 4.68 Å². The van der Waals surface area contributed by atoms with Gasteiger partial charge in [0.2, 0.25) is 0 Å². The summed E-state index contributed by atoms with van der Waals surface area (Å²) in [7, 11) is 0. The maximum Gasteiger partial charge on any atom is 0.122 e. The van der Waals surface area contributed by atoms with Crippen LogP contribution in [0, 0.1) is 0 Å². The van der Waals surface area contributed by atoms with Gasteiger partial charge in [-0.05, 0) is 12.8 Å². The number of hydrogen-bond acceptors (Lipinski definition) is 3. The Bertz CT molecular complexity index is 359. The van der Waals surface area contributed by atoms with E-state index in [9.17, 15) is 0 Å². The molecular weight excluding hydrogens is 202 g/mol. The molecule has 2 N–H and O–H groups in total. The van der Waals surface area contributed by atoms with Gasteiger partial charge in [0, 0.05) is 18.1 Å². The van der Waals surface area contributed by atoms with Crippen LogP contribution in [0.5, 0.6) is 0 Å². The maximum atomic E-state index is 5.96. The van der Waals surface area contributed by atoms with E-state index in [4.69, 9.17) is 10.5 Å². The number of hydrogen-bond donors (Lipinski definition) is 1. The lowest BCUT2D eigenvalue weighted by molar-refractivity contribution is 0.0943. The Labute approximate surface area is 96.8 Å². The molecule has 1 fully saturated rings. The second-order valence-corrected chi connectivity index (χ2v) is 5.52. The highest BCUT2D eigenvalue weighted by Gasteiger charge is 2.21. The van der Waals surface area contributed by atoms with Gasteiger partial charge in [0.05, 0.1) is 18.3 Å². The Morgan fingerprint density at radius 3 is 2.81 bits per heavy atom. The van der Waals surface area contributed by atoms with Crippen LogP contribution in [0.1, 0.15) is 39.3 Å². The highest BCUT2D eigenvalue weighted by Crippen LogP contribution is 2.23. The van der Waals surface area contributed by atoms with Crippen LogP contribution in [0.4, 0.5) is 5.82 Å². The Morgan fingerprint density at radius 2 is 2.31 bits per heavy atom. The first-order chi connectivity index (χ1) is 7.47. The molecule has 1 aromatic heterocycles. The molecule has 16 heavy (non-hydrogen) atoms. The number of ether oxygens (including phenoxy) is 1. The highest BCUT2D eigenvalue weighted by molar-refractivity contribution is 5.33.